The van der Waals surface area contributed by atoms with Gasteiger partial charge in [0, 0.05) is 0 Å². The Morgan fingerprint density at radius 2 is 1.65 bits per heavy atom. The number of nitrogens with one attached hydrogen (secondary N) is 1. The highest BCUT2D eigenvalue weighted by Gasteiger charge is 2.07. The fourth-order valence-electron chi connectivity index (χ4n) is 2.10. The second kappa shape index (κ2) is 5.84. The maximum absolute atomic E-state index is 4.00. The summed E-state index contributed by atoms with van der Waals surface area (Å²) in [7, 11) is 0. The fourth-order valence-corrected chi connectivity index (χ4v) is 2.63. The van der Waals surface area contributed by atoms with Crippen LogP contribution in [-0.2, 0) is 0 Å². The Morgan fingerprint density at radius 3 is 2.30 bits per heavy atom. The molecular weight excluding hydrogens is 266 g/mol. The highest BCUT2D eigenvalue weighted by Crippen LogP contribution is 2.24. The van der Waals surface area contributed by atoms with E-state index in [-0.39, 0.29) is 6.04 Å². The van der Waals surface area contributed by atoms with Crippen molar-refractivity contribution in [2.75, 3.05) is 5.32 Å². The minimum absolute atomic E-state index is 0.216. The molecule has 0 fully saturated rings. The van der Waals surface area contributed by atoms with Gasteiger partial charge in [0.1, 0.15) is 5.51 Å². The average molecular weight is 281 g/mol. The van der Waals surface area contributed by atoms with E-state index < -0.39 is 0 Å². The van der Waals surface area contributed by atoms with Gasteiger partial charge in [0.25, 0.3) is 0 Å². The molecule has 0 bridgehead atoms. The van der Waals surface area contributed by atoms with Crippen LogP contribution < -0.4 is 5.32 Å². The van der Waals surface area contributed by atoms with Crippen molar-refractivity contribution in [2.45, 2.75) is 13.0 Å². The summed E-state index contributed by atoms with van der Waals surface area (Å²) in [6, 6.07) is 19.2. The standard InChI is InChI=1S/C16H15N3S/c1-12(18-16-19-17-11-20-16)13-7-9-15(10-8-13)14-5-3-2-4-6-14/h2-12H,1H3,(H,18,19). The Hall–Kier alpha value is -2.20. The second-order valence-corrected chi connectivity index (χ2v) is 5.43. The lowest BCUT2D eigenvalue weighted by Gasteiger charge is -2.13. The van der Waals surface area contributed by atoms with E-state index >= 15 is 0 Å². The van der Waals surface area contributed by atoms with Crippen LogP contribution in [0.5, 0.6) is 0 Å². The zero-order chi connectivity index (χ0) is 13.8. The number of aromatic nitrogens is 2. The molecule has 2 aromatic carbocycles. The molecule has 0 saturated carbocycles. The molecule has 0 spiro atoms. The zero-order valence-electron chi connectivity index (χ0n) is 11.2. The molecule has 0 saturated heterocycles. The van der Waals surface area contributed by atoms with Gasteiger partial charge in [-0.1, -0.05) is 65.9 Å². The van der Waals surface area contributed by atoms with Crippen molar-refractivity contribution in [2.24, 2.45) is 0 Å². The van der Waals surface area contributed by atoms with Crippen LogP contribution in [0.1, 0.15) is 18.5 Å². The van der Waals surface area contributed by atoms with Crippen LogP contribution in [0.3, 0.4) is 0 Å². The summed E-state index contributed by atoms with van der Waals surface area (Å²) in [4.78, 5) is 0. The van der Waals surface area contributed by atoms with Crippen LogP contribution >= 0.6 is 11.3 Å². The third kappa shape index (κ3) is 2.86. The first-order valence-electron chi connectivity index (χ1n) is 6.51. The van der Waals surface area contributed by atoms with Gasteiger partial charge >= 0.3 is 0 Å². The minimum atomic E-state index is 0.216. The lowest BCUT2D eigenvalue weighted by atomic mass is 10.0. The van der Waals surface area contributed by atoms with Crippen molar-refractivity contribution in [3.05, 3.63) is 65.7 Å². The van der Waals surface area contributed by atoms with Gasteiger partial charge in [-0.3, -0.25) is 0 Å². The highest BCUT2D eigenvalue weighted by atomic mass is 32.1. The first kappa shape index (κ1) is 12.8. The largest absolute Gasteiger partial charge is 0.354 e. The maximum Gasteiger partial charge on any atom is 0.205 e. The molecule has 3 aromatic rings. The maximum atomic E-state index is 4.00. The smallest absolute Gasteiger partial charge is 0.205 e. The molecule has 0 aliphatic carbocycles. The molecule has 0 radical (unpaired) electrons. The van der Waals surface area contributed by atoms with Gasteiger partial charge in [0.2, 0.25) is 5.13 Å². The van der Waals surface area contributed by atoms with Crippen molar-refractivity contribution in [3.8, 4) is 11.1 Å². The van der Waals surface area contributed by atoms with Gasteiger partial charge in [-0.25, -0.2) is 0 Å². The predicted octanol–water partition coefficient (Wildman–Crippen LogP) is 4.38. The van der Waals surface area contributed by atoms with Crippen molar-refractivity contribution >= 4 is 16.5 Å². The van der Waals surface area contributed by atoms with Crippen LogP contribution in [0, 0.1) is 0 Å². The van der Waals surface area contributed by atoms with Gasteiger partial charge in [-0.2, -0.15) is 0 Å². The normalized spacial score (nSPS) is 12.1. The van der Waals surface area contributed by atoms with E-state index in [0.29, 0.717) is 0 Å². The summed E-state index contributed by atoms with van der Waals surface area (Å²) in [5.74, 6) is 0. The van der Waals surface area contributed by atoms with Crippen molar-refractivity contribution in [3.63, 3.8) is 0 Å². The lowest BCUT2D eigenvalue weighted by molar-refractivity contribution is 0.874. The molecule has 0 amide bonds. The molecule has 1 unspecified atom stereocenters. The molecule has 3 nitrogen and oxygen atoms in total. The molecule has 1 atom stereocenters. The summed E-state index contributed by atoms with van der Waals surface area (Å²) < 4.78 is 0. The molecule has 20 heavy (non-hydrogen) atoms. The third-order valence-electron chi connectivity index (χ3n) is 3.22. The molecule has 4 heteroatoms. The molecular formula is C16H15N3S. The van der Waals surface area contributed by atoms with E-state index in [1.807, 2.05) is 6.07 Å². The summed E-state index contributed by atoms with van der Waals surface area (Å²) in [6.45, 7) is 2.12. The van der Waals surface area contributed by atoms with Gasteiger partial charge in [-0.05, 0) is 23.6 Å². The number of hydrogen-bond donors (Lipinski definition) is 1. The molecule has 3 rings (SSSR count). The van der Waals surface area contributed by atoms with Crippen LogP contribution in [-0.4, -0.2) is 10.2 Å². The summed E-state index contributed by atoms with van der Waals surface area (Å²) >= 11 is 1.51. The van der Waals surface area contributed by atoms with Crippen LogP contribution in [0.25, 0.3) is 11.1 Å². The van der Waals surface area contributed by atoms with Gasteiger partial charge in [0.05, 0.1) is 6.04 Å². The molecule has 0 aliphatic rings. The average Bonchev–Trinajstić information content (AvgIpc) is 3.01. The van der Waals surface area contributed by atoms with E-state index in [2.05, 4.69) is 71.0 Å². The quantitative estimate of drug-likeness (QED) is 0.771. The monoisotopic (exact) mass is 281 g/mol. The lowest BCUT2D eigenvalue weighted by Crippen LogP contribution is -2.06. The molecule has 100 valence electrons. The van der Waals surface area contributed by atoms with Crippen molar-refractivity contribution in [1.29, 1.82) is 0 Å². The van der Waals surface area contributed by atoms with Gasteiger partial charge < -0.3 is 5.32 Å². The van der Waals surface area contributed by atoms with Crippen molar-refractivity contribution in [1.82, 2.24) is 10.2 Å². The van der Waals surface area contributed by atoms with Gasteiger partial charge in [-0.15, -0.1) is 10.2 Å². The van der Waals surface area contributed by atoms with E-state index in [4.69, 9.17) is 0 Å². The topological polar surface area (TPSA) is 37.8 Å². The number of benzene rings is 2. The van der Waals surface area contributed by atoms with E-state index in [9.17, 15) is 0 Å². The van der Waals surface area contributed by atoms with Gasteiger partial charge in [0.15, 0.2) is 0 Å². The van der Waals surface area contributed by atoms with E-state index in [1.165, 1.54) is 28.0 Å². The summed E-state index contributed by atoms with van der Waals surface area (Å²) in [6.07, 6.45) is 0. The number of hydrogen-bond acceptors (Lipinski definition) is 4. The van der Waals surface area contributed by atoms with Crippen LogP contribution in [0.4, 0.5) is 5.13 Å². The molecule has 1 heterocycles. The third-order valence-corrected chi connectivity index (χ3v) is 3.84. The number of anilines is 1. The summed E-state index contributed by atoms with van der Waals surface area (Å²) in [5, 5.41) is 12.0. The zero-order valence-corrected chi connectivity index (χ0v) is 12.0. The van der Waals surface area contributed by atoms with Crippen LogP contribution in [0.2, 0.25) is 0 Å². The Bertz CT molecular complexity index is 648. The number of nitrogens with zero attached hydrogens (tertiary/aromatic N) is 2. The van der Waals surface area contributed by atoms with Crippen LogP contribution in [0.15, 0.2) is 60.1 Å². The second-order valence-electron chi connectivity index (χ2n) is 4.60. The Balaban J connectivity index is 1.76. The Labute approximate surface area is 122 Å². The molecule has 1 N–H and O–H groups in total. The summed E-state index contributed by atoms with van der Waals surface area (Å²) in [5.41, 5.74) is 5.44. The first-order valence-corrected chi connectivity index (χ1v) is 7.39. The molecule has 1 aromatic heterocycles. The molecule has 0 aliphatic heterocycles. The van der Waals surface area contributed by atoms with E-state index in [1.54, 1.807) is 5.51 Å². The van der Waals surface area contributed by atoms with Crippen molar-refractivity contribution < 1.29 is 0 Å². The Morgan fingerprint density at radius 1 is 0.950 bits per heavy atom. The first-order chi connectivity index (χ1) is 9.83. The SMILES string of the molecule is CC(Nc1nncs1)c1ccc(-c2ccccc2)cc1. The highest BCUT2D eigenvalue weighted by molar-refractivity contribution is 7.13. The minimum Gasteiger partial charge on any atom is -0.354 e. The fraction of sp³-hybridized carbons (Fsp3) is 0.125. The van der Waals surface area contributed by atoms with E-state index in [0.717, 1.165) is 5.13 Å². The predicted molar refractivity (Wildman–Crippen MR) is 83.8 cm³/mol. The Kier molecular flexibility index (Phi) is 3.74. The number of rotatable bonds is 4.